The van der Waals surface area contributed by atoms with E-state index in [1.165, 1.54) is 5.56 Å². The van der Waals surface area contributed by atoms with Crippen LogP contribution in [0.2, 0.25) is 0 Å². The summed E-state index contributed by atoms with van der Waals surface area (Å²) < 4.78 is 0. The van der Waals surface area contributed by atoms with Gasteiger partial charge in [0.05, 0.1) is 6.54 Å². The van der Waals surface area contributed by atoms with Crippen molar-refractivity contribution in [1.29, 1.82) is 0 Å². The highest BCUT2D eigenvalue weighted by molar-refractivity contribution is 5.78. The highest BCUT2D eigenvalue weighted by Gasteiger charge is 2.33. The van der Waals surface area contributed by atoms with Crippen molar-refractivity contribution in [1.82, 2.24) is 14.7 Å². The monoisotopic (exact) mass is 387 g/mol. The Morgan fingerprint density at radius 2 is 1.82 bits per heavy atom. The molecular weight excluding hydrogens is 350 g/mol. The first-order valence-corrected chi connectivity index (χ1v) is 10.9. The normalized spacial score (nSPS) is 24.6. The van der Waals surface area contributed by atoms with Crippen LogP contribution in [0.3, 0.4) is 0 Å². The van der Waals surface area contributed by atoms with Crippen LogP contribution in [0.15, 0.2) is 30.3 Å². The summed E-state index contributed by atoms with van der Waals surface area (Å²) in [5.41, 5.74) is 1.44. The summed E-state index contributed by atoms with van der Waals surface area (Å²) in [6, 6.07) is 11.3. The van der Waals surface area contributed by atoms with Crippen molar-refractivity contribution >= 4 is 5.91 Å². The predicted molar refractivity (Wildman–Crippen MR) is 113 cm³/mol. The minimum Gasteiger partial charge on any atom is -0.396 e. The molecule has 1 amide bonds. The van der Waals surface area contributed by atoms with E-state index in [9.17, 15) is 9.90 Å². The highest BCUT2D eigenvalue weighted by atomic mass is 16.3. The summed E-state index contributed by atoms with van der Waals surface area (Å²) in [4.78, 5) is 19.6. The summed E-state index contributed by atoms with van der Waals surface area (Å²) in [6.45, 7) is 4.50. The third kappa shape index (κ3) is 5.56. The first kappa shape index (κ1) is 21.3. The van der Waals surface area contributed by atoms with Gasteiger partial charge in [-0.05, 0) is 76.7 Å². The molecule has 2 atom stereocenters. The van der Waals surface area contributed by atoms with Gasteiger partial charge in [-0.1, -0.05) is 30.3 Å². The van der Waals surface area contributed by atoms with Crippen molar-refractivity contribution in [2.24, 2.45) is 5.92 Å². The summed E-state index contributed by atoms with van der Waals surface area (Å²) in [5, 5.41) is 9.22. The van der Waals surface area contributed by atoms with Crippen LogP contribution in [0.5, 0.6) is 0 Å². The fourth-order valence-electron chi connectivity index (χ4n) is 5.00. The van der Waals surface area contributed by atoms with Crippen molar-refractivity contribution in [3.05, 3.63) is 35.9 Å². The lowest BCUT2D eigenvalue weighted by atomic mass is 9.87. The lowest BCUT2D eigenvalue weighted by molar-refractivity contribution is -0.135. The molecule has 2 fully saturated rings. The van der Waals surface area contributed by atoms with Gasteiger partial charge in [-0.25, -0.2) is 0 Å². The average molecular weight is 388 g/mol. The molecule has 0 unspecified atom stereocenters. The number of hydrogen-bond donors (Lipinski definition) is 1. The van der Waals surface area contributed by atoms with Gasteiger partial charge in [-0.3, -0.25) is 9.69 Å². The van der Waals surface area contributed by atoms with E-state index in [0.29, 0.717) is 24.4 Å². The molecule has 0 radical (unpaired) electrons. The zero-order chi connectivity index (χ0) is 19.9. The molecule has 5 heteroatoms. The van der Waals surface area contributed by atoms with E-state index in [1.54, 1.807) is 0 Å². The van der Waals surface area contributed by atoms with E-state index in [4.69, 9.17) is 0 Å². The molecule has 0 spiro atoms. The molecule has 1 aromatic rings. The molecule has 1 N–H and O–H groups in total. The Morgan fingerprint density at radius 1 is 1.11 bits per heavy atom. The Morgan fingerprint density at radius 3 is 2.46 bits per heavy atom. The smallest absolute Gasteiger partial charge is 0.236 e. The van der Waals surface area contributed by atoms with Gasteiger partial charge in [0.2, 0.25) is 5.91 Å². The van der Waals surface area contributed by atoms with Gasteiger partial charge >= 0.3 is 0 Å². The highest BCUT2D eigenvalue weighted by Crippen LogP contribution is 2.28. The molecule has 0 aliphatic carbocycles. The van der Waals surface area contributed by atoms with Crippen LogP contribution in [-0.2, 0) is 4.79 Å². The number of carbonyl (C=O) groups excluding carboxylic acids is 1. The van der Waals surface area contributed by atoms with Crippen LogP contribution in [0.25, 0.3) is 0 Å². The second kappa shape index (κ2) is 10.4. The van der Waals surface area contributed by atoms with Crippen molar-refractivity contribution in [3.8, 4) is 0 Å². The van der Waals surface area contributed by atoms with E-state index in [2.05, 4.69) is 59.1 Å². The van der Waals surface area contributed by atoms with E-state index < -0.39 is 0 Å². The topological polar surface area (TPSA) is 47.0 Å². The van der Waals surface area contributed by atoms with Crippen molar-refractivity contribution < 1.29 is 9.90 Å². The molecule has 0 saturated carbocycles. The Balaban J connectivity index is 1.48. The van der Waals surface area contributed by atoms with Crippen LogP contribution in [0.1, 0.15) is 43.6 Å². The largest absolute Gasteiger partial charge is 0.396 e. The zero-order valence-electron chi connectivity index (χ0n) is 17.6. The number of amides is 1. The first-order valence-electron chi connectivity index (χ1n) is 10.9. The number of aliphatic hydroxyl groups excluding tert-OH is 1. The fourth-order valence-corrected chi connectivity index (χ4v) is 5.00. The lowest BCUT2D eigenvalue weighted by Crippen LogP contribution is -2.53. The Hall–Kier alpha value is -1.43. The minimum atomic E-state index is 0.237. The molecule has 2 saturated heterocycles. The molecule has 2 aliphatic heterocycles. The summed E-state index contributed by atoms with van der Waals surface area (Å²) in [5.74, 6) is 1.37. The van der Waals surface area contributed by atoms with E-state index in [-0.39, 0.29) is 12.5 Å². The number of carbonyl (C=O) groups is 1. The number of benzene rings is 1. The Labute approximate surface area is 170 Å². The summed E-state index contributed by atoms with van der Waals surface area (Å²) in [6.07, 6.45) is 5.12. The molecule has 2 heterocycles. The van der Waals surface area contributed by atoms with E-state index in [0.717, 1.165) is 58.3 Å². The molecule has 0 bridgehead atoms. The quantitative estimate of drug-likeness (QED) is 0.781. The molecule has 2 aliphatic rings. The molecular formula is C23H37N3O2. The Bertz CT molecular complexity index is 599. The summed E-state index contributed by atoms with van der Waals surface area (Å²) >= 11 is 0. The number of aliphatic hydroxyl groups is 1. The van der Waals surface area contributed by atoms with Crippen LogP contribution >= 0.6 is 0 Å². The number of piperidine rings is 2. The third-order valence-corrected chi connectivity index (χ3v) is 6.66. The molecule has 5 nitrogen and oxygen atoms in total. The second-order valence-electron chi connectivity index (χ2n) is 8.75. The molecule has 28 heavy (non-hydrogen) atoms. The summed E-state index contributed by atoms with van der Waals surface area (Å²) in [7, 11) is 4.26. The average Bonchev–Trinajstić information content (AvgIpc) is 2.73. The van der Waals surface area contributed by atoms with Gasteiger partial charge in [-0.15, -0.1) is 0 Å². The maximum absolute atomic E-state index is 12.9. The van der Waals surface area contributed by atoms with Crippen LogP contribution < -0.4 is 0 Å². The maximum atomic E-state index is 12.9. The second-order valence-corrected chi connectivity index (χ2v) is 8.75. The van der Waals surface area contributed by atoms with Crippen LogP contribution in [0, 0.1) is 5.92 Å². The third-order valence-electron chi connectivity index (χ3n) is 6.66. The standard InChI is InChI=1S/C23H37N3O2/c1-24(2)22-12-15-26(17-21(22)9-6-16-27)23(28)18-25-13-10-20(11-14-25)19-7-4-3-5-8-19/h3-5,7-8,20-22,27H,6,9-18H2,1-2H3/t21-,22+/m1/s1. The number of hydrogen-bond acceptors (Lipinski definition) is 4. The van der Waals surface area contributed by atoms with Gasteiger partial charge in [0.25, 0.3) is 0 Å². The van der Waals surface area contributed by atoms with Gasteiger partial charge in [0, 0.05) is 25.7 Å². The van der Waals surface area contributed by atoms with Gasteiger partial charge in [0.1, 0.15) is 0 Å². The fraction of sp³-hybridized carbons (Fsp3) is 0.696. The number of nitrogens with zero attached hydrogens (tertiary/aromatic N) is 3. The minimum absolute atomic E-state index is 0.237. The van der Waals surface area contributed by atoms with Crippen LogP contribution in [0.4, 0.5) is 0 Å². The molecule has 0 aromatic heterocycles. The number of rotatable bonds is 7. The number of likely N-dealkylation sites (tertiary alicyclic amines) is 2. The molecule has 3 rings (SSSR count). The predicted octanol–water partition coefficient (Wildman–Crippen LogP) is 2.42. The zero-order valence-corrected chi connectivity index (χ0v) is 17.6. The van der Waals surface area contributed by atoms with Gasteiger partial charge < -0.3 is 14.9 Å². The van der Waals surface area contributed by atoms with Crippen molar-refractivity contribution in [2.45, 2.75) is 44.1 Å². The maximum Gasteiger partial charge on any atom is 0.236 e. The van der Waals surface area contributed by atoms with Crippen molar-refractivity contribution in [2.75, 3.05) is 53.4 Å². The van der Waals surface area contributed by atoms with Gasteiger partial charge in [-0.2, -0.15) is 0 Å². The van der Waals surface area contributed by atoms with E-state index >= 15 is 0 Å². The molecule has 156 valence electrons. The van der Waals surface area contributed by atoms with Crippen molar-refractivity contribution in [3.63, 3.8) is 0 Å². The Kier molecular flexibility index (Phi) is 7.89. The lowest BCUT2D eigenvalue weighted by Gasteiger charge is -2.42. The SMILES string of the molecule is CN(C)[C@H]1CCN(C(=O)CN2CCC(c3ccccc3)CC2)C[C@H]1CCCO. The van der Waals surface area contributed by atoms with E-state index in [1.807, 2.05) is 0 Å². The molecule has 1 aromatic carbocycles. The van der Waals surface area contributed by atoms with Crippen LogP contribution in [-0.4, -0.2) is 85.2 Å². The first-order chi connectivity index (χ1) is 13.6. The van der Waals surface area contributed by atoms with Gasteiger partial charge in [0.15, 0.2) is 0 Å².